The fourth-order valence-electron chi connectivity index (χ4n) is 2.17. The molecule has 1 aliphatic heterocycles. The molecule has 100 valence electrons. The van der Waals surface area contributed by atoms with Crippen molar-refractivity contribution in [2.24, 2.45) is 0 Å². The SMILES string of the molecule is Oc1ccccc1C1=CC=CC(O)(c2ccccn2)N1. The highest BCUT2D eigenvalue weighted by atomic mass is 16.3. The van der Waals surface area contributed by atoms with Gasteiger partial charge >= 0.3 is 0 Å². The largest absolute Gasteiger partial charge is 0.507 e. The Morgan fingerprint density at radius 1 is 1.05 bits per heavy atom. The Balaban J connectivity index is 1.97. The van der Waals surface area contributed by atoms with Gasteiger partial charge in [-0.3, -0.25) is 4.98 Å². The number of phenolic OH excluding ortho intramolecular Hbond substituents is 1. The molecule has 4 nitrogen and oxygen atoms in total. The highest BCUT2D eigenvalue weighted by Crippen LogP contribution is 2.30. The fraction of sp³-hybridized carbons (Fsp3) is 0.0625. The van der Waals surface area contributed by atoms with Gasteiger partial charge in [0, 0.05) is 17.5 Å². The fourth-order valence-corrected chi connectivity index (χ4v) is 2.17. The Hall–Kier alpha value is -2.59. The summed E-state index contributed by atoms with van der Waals surface area (Å²) >= 11 is 0. The van der Waals surface area contributed by atoms with Gasteiger partial charge in [-0.15, -0.1) is 0 Å². The first-order valence-electron chi connectivity index (χ1n) is 6.29. The average Bonchev–Trinajstić information content (AvgIpc) is 2.49. The van der Waals surface area contributed by atoms with E-state index in [0.717, 1.165) is 0 Å². The molecule has 3 rings (SSSR count). The number of nitrogens with one attached hydrogen (secondary N) is 1. The van der Waals surface area contributed by atoms with Crippen LogP contribution in [0, 0.1) is 0 Å². The predicted molar refractivity (Wildman–Crippen MR) is 76.5 cm³/mol. The number of hydrogen-bond acceptors (Lipinski definition) is 4. The van der Waals surface area contributed by atoms with Crippen molar-refractivity contribution in [1.29, 1.82) is 0 Å². The minimum atomic E-state index is -1.38. The van der Waals surface area contributed by atoms with Crippen molar-refractivity contribution in [2.75, 3.05) is 0 Å². The van der Waals surface area contributed by atoms with E-state index in [-0.39, 0.29) is 5.75 Å². The summed E-state index contributed by atoms with van der Waals surface area (Å²) in [5.74, 6) is 0.157. The average molecular weight is 266 g/mol. The molecule has 3 N–H and O–H groups in total. The molecule has 0 radical (unpaired) electrons. The molecule has 0 amide bonds. The van der Waals surface area contributed by atoms with Gasteiger partial charge in [0.2, 0.25) is 0 Å². The molecule has 0 aliphatic carbocycles. The van der Waals surface area contributed by atoms with E-state index in [1.54, 1.807) is 54.8 Å². The molecular formula is C16H14N2O2. The molecule has 20 heavy (non-hydrogen) atoms. The normalized spacial score (nSPS) is 21.1. The highest BCUT2D eigenvalue weighted by Gasteiger charge is 2.30. The molecule has 1 aromatic carbocycles. The minimum absolute atomic E-state index is 0.157. The second-order valence-electron chi connectivity index (χ2n) is 4.56. The molecule has 0 spiro atoms. The lowest BCUT2D eigenvalue weighted by Crippen LogP contribution is -2.41. The van der Waals surface area contributed by atoms with Gasteiger partial charge in [-0.05, 0) is 36.4 Å². The van der Waals surface area contributed by atoms with Crippen LogP contribution in [0.2, 0.25) is 0 Å². The monoisotopic (exact) mass is 266 g/mol. The van der Waals surface area contributed by atoms with E-state index >= 15 is 0 Å². The first-order valence-corrected chi connectivity index (χ1v) is 6.29. The Morgan fingerprint density at radius 2 is 1.85 bits per heavy atom. The maximum absolute atomic E-state index is 10.7. The third-order valence-corrected chi connectivity index (χ3v) is 3.18. The van der Waals surface area contributed by atoms with E-state index in [0.29, 0.717) is 17.0 Å². The molecule has 2 heterocycles. The van der Waals surface area contributed by atoms with Crippen LogP contribution >= 0.6 is 0 Å². The van der Waals surface area contributed by atoms with Crippen LogP contribution in [-0.4, -0.2) is 15.2 Å². The number of hydrogen-bond donors (Lipinski definition) is 3. The number of pyridine rings is 1. The number of aromatic nitrogens is 1. The number of allylic oxidation sites excluding steroid dienone is 2. The molecule has 1 atom stereocenters. The summed E-state index contributed by atoms with van der Waals surface area (Å²) < 4.78 is 0. The van der Waals surface area contributed by atoms with Crippen molar-refractivity contribution < 1.29 is 10.2 Å². The number of dihydropyridines is 1. The number of rotatable bonds is 2. The van der Waals surface area contributed by atoms with Crippen molar-refractivity contribution in [2.45, 2.75) is 5.72 Å². The number of nitrogens with zero attached hydrogens (tertiary/aromatic N) is 1. The molecule has 0 fully saturated rings. The lowest BCUT2D eigenvalue weighted by atomic mass is 10.0. The summed E-state index contributed by atoms with van der Waals surface area (Å²) in [5.41, 5.74) is 0.385. The zero-order valence-electron chi connectivity index (χ0n) is 10.7. The minimum Gasteiger partial charge on any atom is -0.507 e. The van der Waals surface area contributed by atoms with Gasteiger partial charge in [0.25, 0.3) is 0 Å². The second-order valence-corrected chi connectivity index (χ2v) is 4.56. The topological polar surface area (TPSA) is 65.4 Å². The summed E-state index contributed by atoms with van der Waals surface area (Å²) in [6.07, 6.45) is 6.79. The van der Waals surface area contributed by atoms with E-state index < -0.39 is 5.72 Å². The molecule has 0 bridgehead atoms. The van der Waals surface area contributed by atoms with Crippen LogP contribution in [0.15, 0.2) is 66.9 Å². The Bertz CT molecular complexity index is 680. The summed E-state index contributed by atoms with van der Waals surface area (Å²) in [5, 5.41) is 23.6. The Kier molecular flexibility index (Phi) is 3.00. The molecule has 0 saturated heterocycles. The first kappa shape index (κ1) is 12.4. The maximum atomic E-state index is 10.7. The number of aliphatic hydroxyl groups is 1. The Morgan fingerprint density at radius 3 is 2.60 bits per heavy atom. The molecule has 2 aromatic rings. The highest BCUT2D eigenvalue weighted by molar-refractivity contribution is 5.72. The van der Waals surface area contributed by atoms with Gasteiger partial charge in [-0.2, -0.15) is 0 Å². The number of phenols is 1. The van der Waals surface area contributed by atoms with E-state index in [4.69, 9.17) is 0 Å². The van der Waals surface area contributed by atoms with Crippen molar-refractivity contribution in [1.82, 2.24) is 10.3 Å². The molecular weight excluding hydrogens is 252 g/mol. The molecule has 0 saturated carbocycles. The lowest BCUT2D eigenvalue weighted by molar-refractivity contribution is 0.0643. The third kappa shape index (κ3) is 2.17. The van der Waals surface area contributed by atoms with Gasteiger partial charge in [0.1, 0.15) is 5.75 Å². The zero-order valence-corrected chi connectivity index (χ0v) is 10.7. The zero-order chi connectivity index (χ0) is 14.0. The van der Waals surface area contributed by atoms with Gasteiger partial charge in [-0.25, -0.2) is 0 Å². The number of para-hydroxylation sites is 1. The van der Waals surface area contributed by atoms with Gasteiger partial charge in [0.15, 0.2) is 5.72 Å². The quantitative estimate of drug-likeness (QED) is 0.779. The summed E-state index contributed by atoms with van der Waals surface area (Å²) in [4.78, 5) is 4.17. The predicted octanol–water partition coefficient (Wildman–Crippen LogP) is 2.13. The van der Waals surface area contributed by atoms with Crippen LogP contribution in [0.25, 0.3) is 5.70 Å². The van der Waals surface area contributed by atoms with Crippen LogP contribution in [0.4, 0.5) is 0 Å². The Labute approximate surface area is 116 Å². The van der Waals surface area contributed by atoms with Crippen molar-refractivity contribution >= 4 is 5.70 Å². The van der Waals surface area contributed by atoms with Crippen LogP contribution in [0.5, 0.6) is 5.75 Å². The van der Waals surface area contributed by atoms with Crippen molar-refractivity contribution in [3.05, 3.63) is 78.1 Å². The molecule has 4 heteroatoms. The number of aromatic hydroxyl groups is 1. The second kappa shape index (κ2) is 4.83. The van der Waals surface area contributed by atoms with Crippen LogP contribution < -0.4 is 5.32 Å². The van der Waals surface area contributed by atoms with Crippen molar-refractivity contribution in [3.63, 3.8) is 0 Å². The molecule has 1 aromatic heterocycles. The van der Waals surface area contributed by atoms with Crippen LogP contribution in [-0.2, 0) is 5.72 Å². The van der Waals surface area contributed by atoms with E-state index in [9.17, 15) is 10.2 Å². The summed E-state index contributed by atoms with van der Waals surface area (Å²) in [7, 11) is 0. The molecule has 1 unspecified atom stereocenters. The van der Waals surface area contributed by atoms with E-state index in [2.05, 4.69) is 10.3 Å². The smallest absolute Gasteiger partial charge is 0.199 e. The van der Waals surface area contributed by atoms with Crippen LogP contribution in [0.3, 0.4) is 0 Å². The van der Waals surface area contributed by atoms with Crippen molar-refractivity contribution in [3.8, 4) is 5.75 Å². The van der Waals surface area contributed by atoms with Gasteiger partial charge < -0.3 is 15.5 Å². The third-order valence-electron chi connectivity index (χ3n) is 3.18. The van der Waals surface area contributed by atoms with Gasteiger partial charge in [-0.1, -0.05) is 24.3 Å². The van der Waals surface area contributed by atoms with E-state index in [1.165, 1.54) is 0 Å². The maximum Gasteiger partial charge on any atom is 0.199 e. The van der Waals surface area contributed by atoms with Crippen LogP contribution in [0.1, 0.15) is 11.3 Å². The summed E-state index contributed by atoms with van der Waals surface area (Å²) in [6.45, 7) is 0. The first-order chi connectivity index (χ1) is 9.69. The van der Waals surface area contributed by atoms with Gasteiger partial charge in [0.05, 0.1) is 5.69 Å². The number of benzene rings is 1. The molecule has 1 aliphatic rings. The summed E-state index contributed by atoms with van der Waals surface area (Å²) in [6, 6.07) is 12.3. The standard InChI is InChI=1S/C16H14N2O2/c19-14-8-2-1-6-12(14)13-7-5-10-16(20,18-13)15-9-3-4-11-17-15/h1-11,18-20H. The van der Waals surface area contributed by atoms with E-state index in [1.807, 2.05) is 12.1 Å². The lowest BCUT2D eigenvalue weighted by Gasteiger charge is -2.30.